The molecule has 0 radical (unpaired) electrons. The Morgan fingerprint density at radius 2 is 1.84 bits per heavy atom. The maximum Gasteiger partial charge on any atom is 0.292 e. The highest BCUT2D eigenvalue weighted by Gasteiger charge is 2.16. The van der Waals surface area contributed by atoms with Crippen LogP contribution in [0, 0.1) is 10.1 Å². The Morgan fingerprint density at radius 3 is 2.58 bits per heavy atom. The summed E-state index contributed by atoms with van der Waals surface area (Å²) < 4.78 is 27.5. The van der Waals surface area contributed by atoms with Gasteiger partial charge in [0.15, 0.2) is 0 Å². The van der Waals surface area contributed by atoms with E-state index in [0.29, 0.717) is 5.69 Å². The molecule has 0 aliphatic carbocycles. The Hall–Kier alpha value is -3.28. The molecule has 1 amide bonds. The van der Waals surface area contributed by atoms with Crippen molar-refractivity contribution in [2.45, 2.75) is 11.4 Å². The Balaban J connectivity index is 1.56. The first-order chi connectivity index (χ1) is 14.9. The van der Waals surface area contributed by atoms with Crippen LogP contribution in [0.2, 0.25) is 0 Å². The number of benzene rings is 2. The maximum atomic E-state index is 12.5. The summed E-state index contributed by atoms with van der Waals surface area (Å²) in [4.78, 5) is 23.8. The van der Waals surface area contributed by atoms with E-state index in [4.69, 9.17) is 0 Å². The number of para-hydroxylation sites is 2. The van der Waals surface area contributed by atoms with E-state index >= 15 is 0 Å². The number of nitrogens with one attached hydrogen (secondary N) is 3. The van der Waals surface area contributed by atoms with Crippen LogP contribution in [0.1, 0.15) is 15.2 Å². The first-order valence-electron chi connectivity index (χ1n) is 9.24. The van der Waals surface area contributed by atoms with Gasteiger partial charge in [0.25, 0.3) is 11.6 Å². The Bertz CT molecular complexity index is 1160. The number of rotatable bonds is 10. The summed E-state index contributed by atoms with van der Waals surface area (Å²) in [5.41, 5.74) is 0.498. The fourth-order valence-electron chi connectivity index (χ4n) is 2.72. The summed E-state index contributed by atoms with van der Waals surface area (Å²) in [6, 6.07) is 15.6. The summed E-state index contributed by atoms with van der Waals surface area (Å²) in [6.07, 6.45) is 0. The second kappa shape index (κ2) is 10.2. The molecule has 1 heterocycles. The van der Waals surface area contributed by atoms with Crippen molar-refractivity contribution in [3.63, 3.8) is 0 Å². The average molecular weight is 461 g/mol. The molecule has 0 spiro atoms. The fraction of sp³-hybridized carbons (Fsp3) is 0.150. The lowest BCUT2D eigenvalue weighted by Crippen LogP contribution is -2.29. The van der Waals surface area contributed by atoms with E-state index in [1.54, 1.807) is 18.2 Å². The Labute approximate surface area is 183 Å². The SMILES string of the molecule is O=C(NCCNc1ccccc1[N+](=O)[O-])c1cccc(S(=O)(=O)NCc2cccs2)c1. The van der Waals surface area contributed by atoms with Gasteiger partial charge in [-0.15, -0.1) is 11.3 Å². The molecule has 0 saturated heterocycles. The lowest BCUT2D eigenvalue weighted by Gasteiger charge is -2.10. The van der Waals surface area contributed by atoms with Crippen molar-refractivity contribution in [2.75, 3.05) is 18.4 Å². The molecule has 11 heteroatoms. The van der Waals surface area contributed by atoms with Gasteiger partial charge in [0.1, 0.15) is 5.69 Å². The van der Waals surface area contributed by atoms with Crippen LogP contribution in [0.3, 0.4) is 0 Å². The summed E-state index contributed by atoms with van der Waals surface area (Å²) in [7, 11) is -3.77. The van der Waals surface area contributed by atoms with Gasteiger partial charge in [-0.25, -0.2) is 13.1 Å². The van der Waals surface area contributed by atoms with Gasteiger partial charge in [0, 0.05) is 36.1 Å². The van der Waals surface area contributed by atoms with Crippen molar-refractivity contribution in [3.8, 4) is 0 Å². The minimum Gasteiger partial charge on any atom is -0.378 e. The van der Waals surface area contributed by atoms with Gasteiger partial charge in [0.05, 0.1) is 9.82 Å². The van der Waals surface area contributed by atoms with Crippen molar-refractivity contribution in [1.82, 2.24) is 10.0 Å². The third kappa shape index (κ3) is 6.10. The fourth-order valence-corrected chi connectivity index (χ4v) is 4.51. The summed E-state index contributed by atoms with van der Waals surface area (Å²) in [5, 5.41) is 18.4. The average Bonchev–Trinajstić information content (AvgIpc) is 3.29. The highest BCUT2D eigenvalue weighted by atomic mass is 32.2. The molecule has 3 N–H and O–H groups in total. The molecule has 0 fully saturated rings. The minimum atomic E-state index is -3.77. The van der Waals surface area contributed by atoms with E-state index in [9.17, 15) is 23.3 Å². The zero-order valence-corrected chi connectivity index (χ0v) is 17.9. The van der Waals surface area contributed by atoms with Crippen molar-refractivity contribution >= 4 is 38.6 Å². The van der Waals surface area contributed by atoms with Crippen LogP contribution in [0.5, 0.6) is 0 Å². The van der Waals surface area contributed by atoms with E-state index < -0.39 is 20.9 Å². The highest BCUT2D eigenvalue weighted by molar-refractivity contribution is 7.89. The van der Waals surface area contributed by atoms with E-state index in [-0.39, 0.29) is 35.8 Å². The van der Waals surface area contributed by atoms with Crippen LogP contribution in [0.15, 0.2) is 70.9 Å². The van der Waals surface area contributed by atoms with Crippen molar-refractivity contribution in [1.29, 1.82) is 0 Å². The van der Waals surface area contributed by atoms with Crippen LogP contribution >= 0.6 is 11.3 Å². The molecule has 0 aliphatic rings. The molecule has 1 aromatic heterocycles. The minimum absolute atomic E-state index is 0.00487. The van der Waals surface area contributed by atoms with E-state index in [0.717, 1.165) is 4.88 Å². The summed E-state index contributed by atoms with van der Waals surface area (Å²) in [5.74, 6) is -0.445. The van der Waals surface area contributed by atoms with Gasteiger partial charge in [0.2, 0.25) is 10.0 Å². The number of hydrogen-bond donors (Lipinski definition) is 3. The number of amides is 1. The number of sulfonamides is 1. The number of carbonyl (C=O) groups excluding carboxylic acids is 1. The Kier molecular flexibility index (Phi) is 7.34. The van der Waals surface area contributed by atoms with E-state index in [2.05, 4.69) is 15.4 Å². The van der Waals surface area contributed by atoms with Crippen LogP contribution in [0.4, 0.5) is 11.4 Å². The zero-order chi connectivity index (χ0) is 22.3. The quantitative estimate of drug-likeness (QED) is 0.242. The molecule has 0 unspecified atom stereocenters. The molecule has 0 saturated carbocycles. The van der Waals surface area contributed by atoms with E-state index in [1.165, 1.54) is 41.7 Å². The number of thiophene rings is 1. The van der Waals surface area contributed by atoms with Gasteiger partial charge < -0.3 is 10.6 Å². The second-order valence-electron chi connectivity index (χ2n) is 6.39. The van der Waals surface area contributed by atoms with Gasteiger partial charge >= 0.3 is 0 Å². The molecule has 2 aromatic carbocycles. The molecule has 0 atom stereocenters. The van der Waals surface area contributed by atoms with Crippen molar-refractivity contribution in [2.24, 2.45) is 0 Å². The van der Waals surface area contributed by atoms with Crippen LogP contribution < -0.4 is 15.4 Å². The second-order valence-corrected chi connectivity index (χ2v) is 9.19. The normalized spacial score (nSPS) is 11.1. The maximum absolute atomic E-state index is 12.5. The molecule has 31 heavy (non-hydrogen) atoms. The summed E-state index contributed by atoms with van der Waals surface area (Å²) >= 11 is 1.44. The number of nitro benzene ring substituents is 1. The third-order valence-electron chi connectivity index (χ3n) is 4.25. The predicted octanol–water partition coefficient (Wildman–Crippen LogP) is 2.98. The zero-order valence-electron chi connectivity index (χ0n) is 16.3. The van der Waals surface area contributed by atoms with Gasteiger partial charge in [-0.1, -0.05) is 24.3 Å². The Morgan fingerprint density at radius 1 is 1.03 bits per heavy atom. The van der Waals surface area contributed by atoms with Crippen LogP contribution in [0.25, 0.3) is 0 Å². The number of nitrogens with zero attached hydrogens (tertiary/aromatic N) is 1. The van der Waals surface area contributed by atoms with E-state index in [1.807, 2.05) is 17.5 Å². The predicted molar refractivity (Wildman–Crippen MR) is 119 cm³/mol. The first-order valence-corrected chi connectivity index (χ1v) is 11.6. The van der Waals surface area contributed by atoms with Crippen LogP contribution in [-0.4, -0.2) is 32.3 Å². The standard InChI is InChI=1S/C20H20N4O5S2/c25-20(22-11-10-21-18-8-1-2-9-19(18)24(26)27)15-5-3-7-17(13-15)31(28,29)23-14-16-6-4-12-30-16/h1-9,12-13,21,23H,10-11,14H2,(H,22,25). The van der Waals surface area contributed by atoms with Gasteiger partial charge in [-0.2, -0.15) is 0 Å². The molecule has 0 aliphatic heterocycles. The molecule has 0 bridgehead atoms. The monoisotopic (exact) mass is 460 g/mol. The smallest absolute Gasteiger partial charge is 0.292 e. The molecule has 9 nitrogen and oxygen atoms in total. The topological polar surface area (TPSA) is 130 Å². The highest BCUT2D eigenvalue weighted by Crippen LogP contribution is 2.22. The van der Waals surface area contributed by atoms with Gasteiger partial charge in [-0.3, -0.25) is 14.9 Å². The molecule has 162 valence electrons. The van der Waals surface area contributed by atoms with Gasteiger partial charge in [-0.05, 0) is 35.7 Å². The van der Waals surface area contributed by atoms with Crippen molar-refractivity contribution in [3.05, 3.63) is 86.6 Å². The lowest BCUT2D eigenvalue weighted by molar-refractivity contribution is -0.384. The number of carbonyl (C=O) groups is 1. The van der Waals surface area contributed by atoms with Crippen LogP contribution in [-0.2, 0) is 16.6 Å². The molecule has 3 rings (SSSR count). The third-order valence-corrected chi connectivity index (χ3v) is 6.53. The number of nitro groups is 1. The largest absolute Gasteiger partial charge is 0.378 e. The summed E-state index contributed by atoms with van der Waals surface area (Å²) in [6.45, 7) is 0.628. The number of anilines is 1. The molecular formula is C20H20N4O5S2. The molecule has 3 aromatic rings. The van der Waals surface area contributed by atoms with Crippen molar-refractivity contribution < 1.29 is 18.1 Å². The lowest BCUT2D eigenvalue weighted by atomic mass is 10.2. The molecular weight excluding hydrogens is 440 g/mol. The number of hydrogen-bond acceptors (Lipinski definition) is 7. The first kappa shape index (κ1) is 22.4.